The fourth-order valence-electron chi connectivity index (χ4n) is 3.82. The van der Waals surface area contributed by atoms with Crippen molar-refractivity contribution in [2.24, 2.45) is 11.7 Å². The number of amides is 2. The predicted molar refractivity (Wildman–Crippen MR) is 79.2 cm³/mol. The number of aliphatic hydroxyl groups excluding tert-OH is 1. The summed E-state index contributed by atoms with van der Waals surface area (Å²) in [7, 11) is 0. The highest BCUT2D eigenvalue weighted by molar-refractivity contribution is 5.98. The van der Waals surface area contributed by atoms with Crippen molar-refractivity contribution < 1.29 is 19.1 Å². The summed E-state index contributed by atoms with van der Waals surface area (Å²) in [5.74, 6) is -0.671. The van der Waals surface area contributed by atoms with Crippen LogP contribution in [0.5, 0.6) is 0 Å². The minimum absolute atomic E-state index is 0.00296. The average molecular weight is 306 g/mol. The highest BCUT2D eigenvalue weighted by atomic mass is 16.3. The number of aliphatic hydroxyl groups is 1. The van der Waals surface area contributed by atoms with Gasteiger partial charge < -0.3 is 20.2 Å². The van der Waals surface area contributed by atoms with Crippen LogP contribution in [0.2, 0.25) is 0 Å². The van der Waals surface area contributed by atoms with E-state index in [9.17, 15) is 14.7 Å². The highest BCUT2D eigenvalue weighted by Gasteiger charge is 2.39. The number of likely N-dealkylation sites (tertiary alicyclic amines) is 1. The number of nitrogens with two attached hydrogens (primary N) is 1. The third kappa shape index (κ3) is 2.75. The molecule has 0 unspecified atom stereocenters. The molecule has 0 aromatic carbocycles. The van der Waals surface area contributed by atoms with Gasteiger partial charge in [-0.3, -0.25) is 9.59 Å². The Balaban J connectivity index is 1.76. The van der Waals surface area contributed by atoms with E-state index in [4.69, 9.17) is 10.2 Å². The Morgan fingerprint density at radius 2 is 2.00 bits per heavy atom. The number of hydrogen-bond donors (Lipinski definition) is 2. The summed E-state index contributed by atoms with van der Waals surface area (Å²) in [6.45, 7) is 0.684. The maximum absolute atomic E-state index is 12.7. The van der Waals surface area contributed by atoms with Crippen LogP contribution in [0.15, 0.2) is 16.7 Å². The second-order valence-corrected chi connectivity index (χ2v) is 6.29. The Morgan fingerprint density at radius 3 is 2.68 bits per heavy atom. The second kappa shape index (κ2) is 6.12. The summed E-state index contributed by atoms with van der Waals surface area (Å²) < 4.78 is 5.04. The van der Waals surface area contributed by atoms with E-state index in [0.29, 0.717) is 12.1 Å². The molecule has 3 N–H and O–H groups in total. The van der Waals surface area contributed by atoms with Crippen LogP contribution in [-0.2, 0) is 0 Å². The molecule has 6 nitrogen and oxygen atoms in total. The van der Waals surface area contributed by atoms with Gasteiger partial charge in [0.05, 0.1) is 11.7 Å². The zero-order valence-corrected chi connectivity index (χ0v) is 12.5. The van der Waals surface area contributed by atoms with Crippen LogP contribution in [0.4, 0.5) is 0 Å². The lowest BCUT2D eigenvalue weighted by atomic mass is 9.80. The maximum atomic E-state index is 12.7. The molecule has 1 saturated heterocycles. The van der Waals surface area contributed by atoms with Gasteiger partial charge in [0.1, 0.15) is 6.26 Å². The Bertz CT molecular complexity index is 568. The molecule has 2 fully saturated rings. The fraction of sp³-hybridized carbons (Fsp3) is 0.625. The smallest absolute Gasteiger partial charge is 0.284 e. The van der Waals surface area contributed by atoms with Gasteiger partial charge in [0.2, 0.25) is 0 Å². The van der Waals surface area contributed by atoms with Crippen LogP contribution in [0, 0.1) is 5.92 Å². The maximum Gasteiger partial charge on any atom is 0.284 e. The zero-order valence-electron chi connectivity index (χ0n) is 12.5. The first-order chi connectivity index (χ1) is 10.6. The molecule has 22 heavy (non-hydrogen) atoms. The normalized spacial score (nSPS) is 28.8. The van der Waals surface area contributed by atoms with Crippen molar-refractivity contribution >= 4 is 11.8 Å². The summed E-state index contributed by atoms with van der Waals surface area (Å²) in [5.41, 5.74) is 5.51. The zero-order chi connectivity index (χ0) is 15.7. The molecule has 1 saturated carbocycles. The van der Waals surface area contributed by atoms with E-state index in [0.717, 1.165) is 38.5 Å². The molecule has 1 aliphatic heterocycles. The molecule has 2 heterocycles. The molecule has 6 heteroatoms. The molecule has 3 rings (SSSR count). The third-order valence-electron chi connectivity index (χ3n) is 4.93. The average Bonchev–Trinajstić information content (AvgIpc) is 3.16. The van der Waals surface area contributed by atoms with Gasteiger partial charge in [-0.25, -0.2) is 0 Å². The number of hydrogen-bond acceptors (Lipinski definition) is 4. The molecular formula is C16H22N2O4. The summed E-state index contributed by atoms with van der Waals surface area (Å²) in [6.07, 6.45) is 6.79. The molecule has 2 aliphatic rings. The van der Waals surface area contributed by atoms with Gasteiger partial charge in [-0.2, -0.15) is 0 Å². The number of carbonyl (C=O) groups is 2. The second-order valence-electron chi connectivity index (χ2n) is 6.29. The molecule has 0 radical (unpaired) electrons. The summed E-state index contributed by atoms with van der Waals surface area (Å²) in [5, 5.41) is 10.3. The lowest BCUT2D eigenvalue weighted by molar-refractivity contribution is 0.0211. The van der Waals surface area contributed by atoms with Crippen molar-refractivity contribution in [3.05, 3.63) is 23.7 Å². The standard InChI is InChI=1S/C16H22N2O4/c17-15(20)14-8-10(9-22-14)16(21)18-7-3-5-12(18)11-4-1-2-6-13(11)19/h8-9,11-13,19H,1-7H2,(H2,17,20)/t11-,12+,13-/m0/s1. The number of furan rings is 1. The van der Waals surface area contributed by atoms with E-state index in [1.807, 2.05) is 4.90 Å². The molecule has 0 bridgehead atoms. The van der Waals surface area contributed by atoms with Crippen LogP contribution in [-0.4, -0.2) is 40.5 Å². The third-order valence-corrected chi connectivity index (χ3v) is 4.93. The van der Waals surface area contributed by atoms with E-state index in [-0.39, 0.29) is 29.7 Å². The van der Waals surface area contributed by atoms with Crippen LogP contribution < -0.4 is 5.73 Å². The van der Waals surface area contributed by atoms with Gasteiger partial charge in [0.15, 0.2) is 5.76 Å². The first-order valence-electron chi connectivity index (χ1n) is 7.95. The van der Waals surface area contributed by atoms with Crippen molar-refractivity contribution in [1.82, 2.24) is 4.90 Å². The number of nitrogens with zero attached hydrogens (tertiary/aromatic N) is 1. The monoisotopic (exact) mass is 306 g/mol. The first kappa shape index (κ1) is 15.1. The lowest BCUT2D eigenvalue weighted by Crippen LogP contribution is -2.45. The Hall–Kier alpha value is -1.82. The first-order valence-corrected chi connectivity index (χ1v) is 7.95. The number of carbonyl (C=O) groups excluding carboxylic acids is 2. The molecule has 1 aromatic heterocycles. The predicted octanol–water partition coefficient (Wildman–Crippen LogP) is 1.53. The van der Waals surface area contributed by atoms with Gasteiger partial charge in [-0.05, 0) is 25.7 Å². The van der Waals surface area contributed by atoms with Gasteiger partial charge >= 0.3 is 0 Å². The van der Waals surface area contributed by atoms with Gasteiger partial charge in [0, 0.05) is 24.6 Å². The molecular weight excluding hydrogens is 284 g/mol. The fourth-order valence-corrected chi connectivity index (χ4v) is 3.82. The summed E-state index contributed by atoms with van der Waals surface area (Å²) >= 11 is 0. The Kier molecular flexibility index (Phi) is 4.20. The van der Waals surface area contributed by atoms with Crippen molar-refractivity contribution in [3.63, 3.8) is 0 Å². The number of rotatable bonds is 3. The molecule has 1 aliphatic carbocycles. The van der Waals surface area contributed by atoms with E-state index < -0.39 is 5.91 Å². The molecule has 1 aromatic rings. The molecule has 0 spiro atoms. The van der Waals surface area contributed by atoms with Crippen LogP contribution in [0.3, 0.4) is 0 Å². The topological polar surface area (TPSA) is 96.8 Å². The Labute approximate surface area is 129 Å². The van der Waals surface area contributed by atoms with Gasteiger partial charge in [-0.1, -0.05) is 12.8 Å². The number of primary amides is 1. The van der Waals surface area contributed by atoms with Gasteiger partial charge in [0.25, 0.3) is 11.8 Å². The van der Waals surface area contributed by atoms with E-state index >= 15 is 0 Å². The lowest BCUT2D eigenvalue weighted by Gasteiger charge is -2.37. The minimum Gasteiger partial charge on any atom is -0.458 e. The highest BCUT2D eigenvalue weighted by Crippen LogP contribution is 2.35. The quantitative estimate of drug-likeness (QED) is 0.885. The van der Waals surface area contributed by atoms with E-state index in [1.165, 1.54) is 12.3 Å². The van der Waals surface area contributed by atoms with Crippen molar-refractivity contribution in [1.29, 1.82) is 0 Å². The minimum atomic E-state index is -0.681. The van der Waals surface area contributed by atoms with Crippen molar-refractivity contribution in [3.8, 4) is 0 Å². The van der Waals surface area contributed by atoms with Gasteiger partial charge in [-0.15, -0.1) is 0 Å². The molecule has 120 valence electrons. The van der Waals surface area contributed by atoms with Crippen LogP contribution in [0.1, 0.15) is 59.4 Å². The van der Waals surface area contributed by atoms with Crippen LogP contribution >= 0.6 is 0 Å². The van der Waals surface area contributed by atoms with E-state index in [1.54, 1.807) is 0 Å². The summed E-state index contributed by atoms with van der Waals surface area (Å²) in [6, 6.07) is 1.48. The van der Waals surface area contributed by atoms with Crippen LogP contribution in [0.25, 0.3) is 0 Å². The van der Waals surface area contributed by atoms with Crippen molar-refractivity contribution in [2.45, 2.75) is 50.7 Å². The van der Waals surface area contributed by atoms with Crippen molar-refractivity contribution in [2.75, 3.05) is 6.54 Å². The van der Waals surface area contributed by atoms with E-state index in [2.05, 4.69) is 0 Å². The molecule has 3 atom stereocenters. The Morgan fingerprint density at radius 1 is 1.23 bits per heavy atom. The summed E-state index contributed by atoms with van der Waals surface area (Å²) in [4.78, 5) is 25.6. The largest absolute Gasteiger partial charge is 0.458 e. The SMILES string of the molecule is NC(=O)c1cc(C(=O)N2CCC[C@@H]2[C@@H]2CCCC[C@@H]2O)co1. The molecule has 2 amide bonds.